The fourth-order valence-corrected chi connectivity index (χ4v) is 2.36. The Labute approximate surface area is 150 Å². The second-order valence-corrected chi connectivity index (χ2v) is 6.95. The highest BCUT2D eigenvalue weighted by molar-refractivity contribution is 9.10. The van der Waals surface area contributed by atoms with Crippen molar-refractivity contribution in [3.05, 3.63) is 38.3 Å². The first-order valence-corrected chi connectivity index (χ1v) is 7.65. The molecule has 1 rings (SSSR count). The average molecular weight is 421 g/mol. The molecule has 1 amide bonds. The summed E-state index contributed by atoms with van der Waals surface area (Å²) >= 11 is 3.03. The number of carboxylic acid groups (broad SMARTS) is 1. The first-order chi connectivity index (χ1) is 11.3. The molecule has 10 nitrogen and oxygen atoms in total. The molecule has 1 aromatic carbocycles. The number of alkyl carbamates (subject to hydrolysis) is 1. The van der Waals surface area contributed by atoms with E-state index in [1.807, 2.05) is 5.32 Å². The van der Waals surface area contributed by atoms with Crippen molar-refractivity contribution in [1.29, 1.82) is 0 Å². The Morgan fingerprint density at radius 1 is 1.32 bits per heavy atom. The van der Waals surface area contributed by atoms with Crippen LogP contribution in [-0.4, -0.2) is 44.2 Å². The van der Waals surface area contributed by atoms with E-state index in [2.05, 4.69) is 15.9 Å². The van der Waals surface area contributed by atoms with Crippen molar-refractivity contribution in [3.8, 4) is 0 Å². The molecule has 11 heteroatoms. The first-order valence-electron chi connectivity index (χ1n) is 6.86. The van der Waals surface area contributed by atoms with E-state index in [9.17, 15) is 35.0 Å². The van der Waals surface area contributed by atoms with Gasteiger partial charge in [-0.25, -0.2) is 9.59 Å². The number of amides is 1. The smallest absolute Gasteiger partial charge is 0.408 e. The second kappa shape index (κ2) is 7.33. The highest BCUT2D eigenvalue weighted by Gasteiger charge is 2.53. The third-order valence-corrected chi connectivity index (χ3v) is 3.50. The monoisotopic (exact) mass is 420 g/mol. The van der Waals surface area contributed by atoms with Crippen LogP contribution in [0.1, 0.15) is 26.3 Å². The van der Waals surface area contributed by atoms with Crippen LogP contribution in [0.15, 0.2) is 22.7 Å². The van der Waals surface area contributed by atoms with E-state index in [0.29, 0.717) is 0 Å². The van der Waals surface area contributed by atoms with Crippen molar-refractivity contribution < 1.29 is 34.6 Å². The van der Waals surface area contributed by atoms with E-state index in [1.165, 1.54) is 26.8 Å². The van der Waals surface area contributed by atoms with Crippen LogP contribution in [0.2, 0.25) is 0 Å². The Kier molecular flexibility index (Phi) is 6.10. The molecular formula is C14H17BrN2O8. The van der Waals surface area contributed by atoms with Crippen LogP contribution in [0.4, 0.5) is 10.5 Å². The SMILES string of the molecule is CC(C)(C)OC(=O)N[C@@](C(=O)O)(c1cc(Br)ccc1[N+](=O)[O-])C(O)O. The lowest BCUT2D eigenvalue weighted by Crippen LogP contribution is -2.60. The van der Waals surface area contributed by atoms with Gasteiger partial charge in [0.2, 0.25) is 5.54 Å². The Bertz CT molecular complexity index is 701. The van der Waals surface area contributed by atoms with Gasteiger partial charge in [0.25, 0.3) is 5.69 Å². The first kappa shape index (κ1) is 20.8. The molecular weight excluding hydrogens is 404 g/mol. The van der Waals surface area contributed by atoms with Crippen molar-refractivity contribution >= 4 is 33.7 Å². The molecule has 0 spiro atoms. The minimum atomic E-state index is -2.92. The lowest BCUT2D eigenvalue weighted by atomic mass is 9.87. The Balaban J connectivity index is 3.60. The van der Waals surface area contributed by atoms with E-state index in [0.717, 1.165) is 12.1 Å². The summed E-state index contributed by atoms with van der Waals surface area (Å²) in [6.45, 7) is 4.52. The van der Waals surface area contributed by atoms with Crippen molar-refractivity contribution in [2.45, 2.75) is 38.2 Å². The van der Waals surface area contributed by atoms with Crippen molar-refractivity contribution in [1.82, 2.24) is 5.32 Å². The Morgan fingerprint density at radius 2 is 1.88 bits per heavy atom. The maximum atomic E-state index is 12.0. The minimum absolute atomic E-state index is 0.227. The maximum absolute atomic E-state index is 12.0. The summed E-state index contributed by atoms with van der Waals surface area (Å²) < 4.78 is 5.16. The number of aliphatic hydroxyl groups excluding tert-OH is 1. The number of nitrogens with one attached hydrogen (secondary N) is 1. The van der Waals surface area contributed by atoms with Crippen LogP contribution >= 0.6 is 15.9 Å². The number of carbonyl (C=O) groups is 2. The van der Waals surface area contributed by atoms with Gasteiger partial charge in [-0.3, -0.25) is 15.4 Å². The zero-order valence-electron chi connectivity index (χ0n) is 13.5. The largest absolute Gasteiger partial charge is 0.479 e. The van der Waals surface area contributed by atoms with Crippen molar-refractivity contribution in [2.24, 2.45) is 0 Å². The topological polar surface area (TPSA) is 159 Å². The van der Waals surface area contributed by atoms with Gasteiger partial charge >= 0.3 is 12.1 Å². The molecule has 4 N–H and O–H groups in total. The van der Waals surface area contributed by atoms with E-state index < -0.39 is 45.7 Å². The number of nitrogens with zero attached hydrogens (tertiary/aromatic N) is 1. The van der Waals surface area contributed by atoms with Crippen LogP contribution in [-0.2, 0) is 15.1 Å². The molecule has 1 atom stereocenters. The zero-order valence-corrected chi connectivity index (χ0v) is 15.1. The fraction of sp³-hybridized carbons (Fsp3) is 0.429. The quantitative estimate of drug-likeness (QED) is 0.316. The van der Waals surface area contributed by atoms with Crippen LogP contribution in [0.5, 0.6) is 0 Å². The number of carbonyl (C=O) groups excluding carboxylic acids is 1. The molecule has 0 aliphatic rings. The van der Waals surface area contributed by atoms with Crippen molar-refractivity contribution in [2.75, 3.05) is 0 Å². The molecule has 0 heterocycles. The van der Waals surface area contributed by atoms with Gasteiger partial charge < -0.3 is 20.1 Å². The van der Waals surface area contributed by atoms with Crippen LogP contribution in [0.3, 0.4) is 0 Å². The van der Waals surface area contributed by atoms with E-state index in [1.54, 1.807) is 0 Å². The molecule has 1 aromatic rings. The molecule has 0 saturated heterocycles. The van der Waals surface area contributed by atoms with E-state index in [-0.39, 0.29) is 4.47 Å². The van der Waals surface area contributed by atoms with Gasteiger partial charge in [0, 0.05) is 10.5 Å². The molecule has 0 radical (unpaired) electrons. The number of nitro benzene ring substituents is 1. The lowest BCUT2D eigenvalue weighted by Gasteiger charge is -2.33. The summed E-state index contributed by atoms with van der Waals surface area (Å²) in [5, 5.41) is 42.0. The van der Waals surface area contributed by atoms with Crippen LogP contribution in [0.25, 0.3) is 0 Å². The number of halogens is 1. The van der Waals surface area contributed by atoms with Gasteiger partial charge in [0.15, 0.2) is 6.29 Å². The molecule has 0 aliphatic heterocycles. The summed E-state index contributed by atoms with van der Waals surface area (Å²) in [5.74, 6) is -1.92. The van der Waals surface area contributed by atoms with Gasteiger partial charge in [-0.15, -0.1) is 0 Å². The number of rotatable bonds is 5. The molecule has 25 heavy (non-hydrogen) atoms. The molecule has 0 fully saturated rings. The number of hydrogen-bond acceptors (Lipinski definition) is 7. The van der Waals surface area contributed by atoms with E-state index >= 15 is 0 Å². The molecule has 0 saturated carbocycles. The molecule has 0 aliphatic carbocycles. The van der Waals surface area contributed by atoms with Gasteiger partial charge in [-0.05, 0) is 32.9 Å². The Morgan fingerprint density at radius 3 is 2.28 bits per heavy atom. The summed E-state index contributed by atoms with van der Waals surface area (Å²) in [6, 6.07) is 3.24. The van der Waals surface area contributed by atoms with Crippen molar-refractivity contribution in [3.63, 3.8) is 0 Å². The second-order valence-electron chi connectivity index (χ2n) is 6.03. The summed E-state index contributed by atoms with van der Waals surface area (Å²) in [7, 11) is 0. The Hall–Kier alpha value is -2.24. The fourth-order valence-electron chi connectivity index (χ4n) is 2.00. The number of aliphatic carboxylic acids is 1. The number of benzene rings is 1. The number of aliphatic hydroxyl groups is 2. The number of hydrogen-bond donors (Lipinski definition) is 4. The minimum Gasteiger partial charge on any atom is -0.479 e. The molecule has 0 aromatic heterocycles. The predicted molar refractivity (Wildman–Crippen MR) is 87.7 cm³/mol. The third-order valence-electron chi connectivity index (χ3n) is 3.00. The molecule has 138 valence electrons. The predicted octanol–water partition coefficient (Wildman–Crippen LogP) is 1.47. The average Bonchev–Trinajstić information content (AvgIpc) is 2.41. The number of carboxylic acids is 1. The summed E-state index contributed by atoms with van der Waals surface area (Å²) in [6.07, 6.45) is -4.00. The summed E-state index contributed by atoms with van der Waals surface area (Å²) in [5.41, 5.74) is -5.30. The van der Waals surface area contributed by atoms with Crippen LogP contribution < -0.4 is 5.32 Å². The zero-order chi connectivity index (χ0) is 19.6. The van der Waals surface area contributed by atoms with Gasteiger partial charge in [0.05, 0.1) is 10.5 Å². The summed E-state index contributed by atoms with van der Waals surface area (Å²) in [4.78, 5) is 34.2. The third kappa shape index (κ3) is 4.65. The number of ether oxygens (including phenoxy) is 1. The number of nitro groups is 1. The molecule has 0 bridgehead atoms. The van der Waals surface area contributed by atoms with Gasteiger partial charge in [-0.2, -0.15) is 0 Å². The molecule has 0 unspecified atom stereocenters. The van der Waals surface area contributed by atoms with Gasteiger partial charge in [-0.1, -0.05) is 15.9 Å². The standard InChI is InChI=1S/C14H17BrN2O8/c1-13(2,3)25-12(22)16-14(10(18)19,11(20)21)8-6-7(15)4-5-9(8)17(23)24/h4-6,10,18-19H,1-3H3,(H,16,22)(H,20,21)/t14-/m0/s1. The van der Waals surface area contributed by atoms with Gasteiger partial charge in [0.1, 0.15) is 5.60 Å². The van der Waals surface area contributed by atoms with Crippen LogP contribution in [0, 0.1) is 10.1 Å². The normalized spacial score (nSPS) is 13.9. The highest BCUT2D eigenvalue weighted by atomic mass is 79.9. The highest BCUT2D eigenvalue weighted by Crippen LogP contribution is 2.35. The maximum Gasteiger partial charge on any atom is 0.408 e. The lowest BCUT2D eigenvalue weighted by molar-refractivity contribution is -0.386. The van der Waals surface area contributed by atoms with E-state index in [4.69, 9.17) is 4.74 Å².